The van der Waals surface area contributed by atoms with Gasteiger partial charge in [-0.25, -0.2) is 0 Å². The predicted molar refractivity (Wildman–Crippen MR) is 83.6 cm³/mol. The molecule has 0 radical (unpaired) electrons. The Labute approximate surface area is 127 Å². The zero-order valence-corrected chi connectivity index (χ0v) is 12.8. The van der Waals surface area contributed by atoms with Crippen molar-refractivity contribution in [3.8, 4) is 6.07 Å². The van der Waals surface area contributed by atoms with Crippen LogP contribution >= 0.6 is 0 Å². The highest BCUT2D eigenvalue weighted by molar-refractivity contribution is 5.76. The van der Waals surface area contributed by atoms with Crippen molar-refractivity contribution in [3.05, 3.63) is 35.9 Å². The smallest absolute Gasteiger partial charge is 0.222 e. The number of carbonyl (C=O) groups excluding carboxylic acids is 1. The Morgan fingerprint density at radius 2 is 2.10 bits per heavy atom. The van der Waals surface area contributed by atoms with Crippen LogP contribution in [0, 0.1) is 17.2 Å². The van der Waals surface area contributed by atoms with Crippen LogP contribution in [-0.2, 0) is 4.79 Å². The van der Waals surface area contributed by atoms with Crippen molar-refractivity contribution in [2.24, 2.45) is 5.92 Å². The molecular weight excluding hydrogens is 260 g/mol. The van der Waals surface area contributed by atoms with Gasteiger partial charge in [0.25, 0.3) is 0 Å². The normalized spacial score (nSPS) is 20.7. The number of amides is 1. The van der Waals surface area contributed by atoms with Crippen LogP contribution in [0.25, 0.3) is 0 Å². The highest BCUT2D eigenvalue weighted by atomic mass is 16.2. The summed E-state index contributed by atoms with van der Waals surface area (Å²) in [6.45, 7) is 3.53. The number of likely N-dealkylation sites (tertiary alicyclic amines) is 1. The molecular formula is C18H24N2O. The van der Waals surface area contributed by atoms with Gasteiger partial charge in [-0.15, -0.1) is 0 Å². The van der Waals surface area contributed by atoms with Gasteiger partial charge in [-0.3, -0.25) is 4.79 Å². The Morgan fingerprint density at radius 1 is 1.33 bits per heavy atom. The fourth-order valence-electron chi connectivity index (χ4n) is 3.11. The fraction of sp³-hybridized carbons (Fsp3) is 0.556. The largest absolute Gasteiger partial charge is 0.341 e. The first-order valence-electron chi connectivity index (χ1n) is 7.97. The van der Waals surface area contributed by atoms with Gasteiger partial charge < -0.3 is 4.90 Å². The van der Waals surface area contributed by atoms with Crippen molar-refractivity contribution in [3.63, 3.8) is 0 Å². The Bertz CT molecular complexity index is 492. The van der Waals surface area contributed by atoms with E-state index in [1.807, 2.05) is 35.2 Å². The standard InChI is InChI=1S/C18H24N2O/c1-2-6-15-9-10-18(21)20(12-11-15)14-17(13-19)16-7-4-3-5-8-16/h3-5,7-8,15,17H,2,6,9-12,14H2,1H3. The van der Waals surface area contributed by atoms with E-state index in [1.165, 1.54) is 12.8 Å². The first-order chi connectivity index (χ1) is 10.2. The van der Waals surface area contributed by atoms with E-state index in [4.69, 9.17) is 0 Å². The predicted octanol–water partition coefficient (Wildman–Crippen LogP) is 3.72. The van der Waals surface area contributed by atoms with Gasteiger partial charge in [-0.2, -0.15) is 5.26 Å². The third kappa shape index (κ3) is 4.32. The lowest BCUT2D eigenvalue weighted by Gasteiger charge is -2.23. The van der Waals surface area contributed by atoms with Crippen LogP contribution in [0.5, 0.6) is 0 Å². The molecule has 3 nitrogen and oxygen atoms in total. The zero-order valence-electron chi connectivity index (χ0n) is 12.8. The molecule has 1 aliphatic rings. The zero-order chi connectivity index (χ0) is 15.1. The van der Waals surface area contributed by atoms with Crippen molar-refractivity contribution in [2.75, 3.05) is 13.1 Å². The van der Waals surface area contributed by atoms with E-state index in [2.05, 4.69) is 13.0 Å². The molecule has 1 heterocycles. The van der Waals surface area contributed by atoms with Gasteiger partial charge in [0, 0.05) is 19.5 Å². The monoisotopic (exact) mass is 284 g/mol. The van der Waals surface area contributed by atoms with Gasteiger partial charge >= 0.3 is 0 Å². The number of nitrogens with zero attached hydrogens (tertiary/aromatic N) is 2. The van der Waals surface area contributed by atoms with E-state index in [0.29, 0.717) is 18.9 Å². The second kappa shape index (κ2) is 7.83. The highest BCUT2D eigenvalue weighted by Gasteiger charge is 2.24. The summed E-state index contributed by atoms with van der Waals surface area (Å²) in [5.74, 6) is 0.656. The number of benzene rings is 1. The molecule has 0 bridgehead atoms. The number of nitriles is 1. The van der Waals surface area contributed by atoms with Crippen LogP contribution in [0.2, 0.25) is 0 Å². The fourth-order valence-corrected chi connectivity index (χ4v) is 3.11. The molecule has 1 aliphatic heterocycles. The van der Waals surface area contributed by atoms with Crippen LogP contribution in [0.15, 0.2) is 30.3 Å². The molecule has 0 aliphatic carbocycles. The van der Waals surface area contributed by atoms with Crippen LogP contribution in [0.3, 0.4) is 0 Å². The van der Waals surface area contributed by atoms with Gasteiger partial charge in [0.15, 0.2) is 0 Å². The van der Waals surface area contributed by atoms with Crippen molar-refractivity contribution >= 4 is 5.91 Å². The van der Waals surface area contributed by atoms with Gasteiger partial charge in [-0.05, 0) is 24.3 Å². The molecule has 21 heavy (non-hydrogen) atoms. The summed E-state index contributed by atoms with van der Waals surface area (Å²) in [5.41, 5.74) is 1.00. The van der Waals surface area contributed by atoms with E-state index in [9.17, 15) is 10.1 Å². The average molecular weight is 284 g/mol. The first-order valence-corrected chi connectivity index (χ1v) is 7.97. The van der Waals surface area contributed by atoms with E-state index >= 15 is 0 Å². The van der Waals surface area contributed by atoms with Crippen LogP contribution in [0.4, 0.5) is 0 Å². The first kappa shape index (κ1) is 15.6. The molecule has 2 atom stereocenters. The van der Waals surface area contributed by atoms with Crippen molar-refractivity contribution in [2.45, 2.75) is 44.9 Å². The van der Waals surface area contributed by atoms with E-state index < -0.39 is 0 Å². The molecule has 1 fully saturated rings. The summed E-state index contributed by atoms with van der Waals surface area (Å²) in [6, 6.07) is 12.1. The third-order valence-corrected chi connectivity index (χ3v) is 4.38. The number of rotatable bonds is 5. The number of hydrogen-bond donors (Lipinski definition) is 0. The van der Waals surface area contributed by atoms with Gasteiger partial charge in [0.2, 0.25) is 5.91 Å². The lowest BCUT2D eigenvalue weighted by molar-refractivity contribution is -0.130. The van der Waals surface area contributed by atoms with Crippen molar-refractivity contribution in [1.82, 2.24) is 4.90 Å². The minimum atomic E-state index is -0.224. The Morgan fingerprint density at radius 3 is 2.76 bits per heavy atom. The van der Waals surface area contributed by atoms with Crippen LogP contribution < -0.4 is 0 Å². The van der Waals surface area contributed by atoms with Gasteiger partial charge in [0.05, 0.1) is 12.0 Å². The van der Waals surface area contributed by atoms with Crippen molar-refractivity contribution in [1.29, 1.82) is 5.26 Å². The molecule has 0 spiro atoms. The Kier molecular flexibility index (Phi) is 5.80. The second-order valence-corrected chi connectivity index (χ2v) is 5.91. The lowest BCUT2D eigenvalue weighted by atomic mass is 9.96. The van der Waals surface area contributed by atoms with Gasteiger partial charge in [0.1, 0.15) is 0 Å². The van der Waals surface area contributed by atoms with Crippen LogP contribution in [-0.4, -0.2) is 23.9 Å². The number of hydrogen-bond acceptors (Lipinski definition) is 2. The highest BCUT2D eigenvalue weighted by Crippen LogP contribution is 2.24. The molecule has 0 aromatic heterocycles. The summed E-state index contributed by atoms with van der Waals surface area (Å²) in [7, 11) is 0. The topological polar surface area (TPSA) is 44.1 Å². The Hall–Kier alpha value is -1.82. The molecule has 1 saturated heterocycles. The summed E-state index contributed by atoms with van der Waals surface area (Å²) in [6.07, 6.45) is 5.11. The molecule has 0 N–H and O–H groups in total. The third-order valence-electron chi connectivity index (χ3n) is 4.38. The number of carbonyl (C=O) groups is 1. The van der Waals surface area contributed by atoms with Crippen LogP contribution in [0.1, 0.15) is 50.5 Å². The van der Waals surface area contributed by atoms with Gasteiger partial charge in [-0.1, -0.05) is 50.1 Å². The maximum absolute atomic E-state index is 12.3. The molecule has 0 saturated carbocycles. The van der Waals surface area contributed by atoms with E-state index in [1.54, 1.807) is 0 Å². The lowest BCUT2D eigenvalue weighted by Crippen LogP contribution is -2.34. The Balaban J connectivity index is 2.00. The summed E-state index contributed by atoms with van der Waals surface area (Å²) < 4.78 is 0. The molecule has 2 rings (SSSR count). The molecule has 2 unspecified atom stereocenters. The maximum Gasteiger partial charge on any atom is 0.222 e. The second-order valence-electron chi connectivity index (χ2n) is 5.91. The summed E-state index contributed by atoms with van der Waals surface area (Å²) in [5, 5.41) is 9.41. The molecule has 112 valence electrons. The molecule has 3 heteroatoms. The van der Waals surface area contributed by atoms with Crippen molar-refractivity contribution < 1.29 is 4.79 Å². The SMILES string of the molecule is CCCC1CCC(=O)N(CC(C#N)c2ccccc2)CC1. The quantitative estimate of drug-likeness (QED) is 0.827. The summed E-state index contributed by atoms with van der Waals surface area (Å²) in [4.78, 5) is 14.2. The maximum atomic E-state index is 12.3. The molecule has 1 amide bonds. The molecule has 1 aromatic carbocycles. The minimum absolute atomic E-state index is 0.213. The molecule has 1 aromatic rings. The van der Waals surface area contributed by atoms with E-state index in [0.717, 1.165) is 24.9 Å². The van der Waals surface area contributed by atoms with E-state index in [-0.39, 0.29) is 11.8 Å². The average Bonchev–Trinajstić information content (AvgIpc) is 2.69. The summed E-state index contributed by atoms with van der Waals surface area (Å²) >= 11 is 0. The minimum Gasteiger partial charge on any atom is -0.341 e.